The molecule has 1 aliphatic carbocycles. The quantitative estimate of drug-likeness (QED) is 0.911. The van der Waals surface area contributed by atoms with E-state index in [9.17, 15) is 4.79 Å². The summed E-state index contributed by atoms with van der Waals surface area (Å²) < 4.78 is 0. The standard InChI is InChI=1S/C16H16N2O.ClH/c17-15-10-14(15)11-6-8-13(9-7-11)18-16(19)12-4-2-1-3-5-12;/h1-9,14-15H,10,17H2,(H,18,19);1H/t14-,15+;/m1./s1. The van der Waals surface area contributed by atoms with Crippen molar-refractivity contribution in [3.8, 4) is 0 Å². The second kappa shape index (κ2) is 6.07. The molecule has 1 aliphatic rings. The predicted octanol–water partition coefficient (Wildman–Crippen LogP) is 3.18. The number of rotatable bonds is 3. The molecule has 3 rings (SSSR count). The molecule has 20 heavy (non-hydrogen) atoms. The number of nitrogens with two attached hydrogens (primary N) is 1. The van der Waals surface area contributed by atoms with Crippen LogP contribution in [0.25, 0.3) is 0 Å². The van der Waals surface area contributed by atoms with E-state index in [4.69, 9.17) is 5.73 Å². The molecule has 0 aliphatic heterocycles. The third kappa shape index (κ3) is 3.18. The highest BCUT2D eigenvalue weighted by Crippen LogP contribution is 2.39. The molecular weight excluding hydrogens is 272 g/mol. The molecule has 0 unspecified atom stereocenters. The highest BCUT2D eigenvalue weighted by molar-refractivity contribution is 6.04. The normalized spacial score (nSPS) is 19.9. The Morgan fingerprint density at radius 1 is 1.05 bits per heavy atom. The van der Waals surface area contributed by atoms with Gasteiger partial charge in [0.25, 0.3) is 5.91 Å². The summed E-state index contributed by atoms with van der Waals surface area (Å²) in [5, 5.41) is 2.89. The number of halogens is 1. The lowest BCUT2D eigenvalue weighted by atomic mass is 10.1. The van der Waals surface area contributed by atoms with Crippen LogP contribution in [0.5, 0.6) is 0 Å². The molecule has 3 N–H and O–H groups in total. The Balaban J connectivity index is 0.00000147. The van der Waals surface area contributed by atoms with Gasteiger partial charge in [-0.05, 0) is 36.2 Å². The minimum absolute atomic E-state index is 0. The van der Waals surface area contributed by atoms with E-state index < -0.39 is 0 Å². The monoisotopic (exact) mass is 288 g/mol. The van der Waals surface area contributed by atoms with E-state index in [1.165, 1.54) is 5.56 Å². The van der Waals surface area contributed by atoms with Crippen LogP contribution >= 0.6 is 12.4 Å². The first-order valence-electron chi connectivity index (χ1n) is 6.46. The van der Waals surface area contributed by atoms with Crippen molar-refractivity contribution in [1.29, 1.82) is 0 Å². The highest BCUT2D eigenvalue weighted by Gasteiger charge is 2.34. The van der Waals surface area contributed by atoms with Gasteiger partial charge in [0.05, 0.1) is 0 Å². The van der Waals surface area contributed by atoms with Gasteiger partial charge in [0.15, 0.2) is 0 Å². The zero-order valence-corrected chi connectivity index (χ0v) is 11.8. The van der Waals surface area contributed by atoms with Gasteiger partial charge < -0.3 is 11.1 Å². The maximum atomic E-state index is 12.0. The van der Waals surface area contributed by atoms with Gasteiger partial charge in [-0.25, -0.2) is 0 Å². The smallest absolute Gasteiger partial charge is 0.255 e. The number of carbonyl (C=O) groups excluding carboxylic acids is 1. The minimum atomic E-state index is -0.0866. The predicted molar refractivity (Wildman–Crippen MR) is 83.4 cm³/mol. The van der Waals surface area contributed by atoms with Crippen LogP contribution in [0.1, 0.15) is 28.3 Å². The molecular formula is C16H17ClN2O. The summed E-state index contributed by atoms with van der Waals surface area (Å²) in [4.78, 5) is 12.0. The van der Waals surface area contributed by atoms with Crippen molar-refractivity contribution in [2.24, 2.45) is 5.73 Å². The summed E-state index contributed by atoms with van der Waals surface area (Å²) in [5.41, 5.74) is 8.55. The second-order valence-electron chi connectivity index (χ2n) is 4.95. The highest BCUT2D eigenvalue weighted by atomic mass is 35.5. The lowest BCUT2D eigenvalue weighted by Gasteiger charge is -2.06. The van der Waals surface area contributed by atoms with E-state index in [0.717, 1.165) is 12.1 Å². The van der Waals surface area contributed by atoms with Crippen molar-refractivity contribution in [2.75, 3.05) is 5.32 Å². The molecule has 104 valence electrons. The molecule has 0 bridgehead atoms. The van der Waals surface area contributed by atoms with Gasteiger partial charge in [0, 0.05) is 23.2 Å². The maximum absolute atomic E-state index is 12.0. The Bertz CT molecular complexity index is 583. The number of nitrogens with one attached hydrogen (secondary N) is 1. The molecule has 2 atom stereocenters. The lowest BCUT2D eigenvalue weighted by molar-refractivity contribution is 0.102. The summed E-state index contributed by atoms with van der Waals surface area (Å²) in [6.45, 7) is 0. The fraction of sp³-hybridized carbons (Fsp3) is 0.188. The van der Waals surface area contributed by atoms with Crippen molar-refractivity contribution in [1.82, 2.24) is 0 Å². The average Bonchev–Trinajstić information content (AvgIpc) is 3.18. The Kier molecular flexibility index (Phi) is 4.42. The topological polar surface area (TPSA) is 55.1 Å². The molecule has 4 heteroatoms. The van der Waals surface area contributed by atoms with E-state index in [2.05, 4.69) is 5.32 Å². The fourth-order valence-corrected chi connectivity index (χ4v) is 2.20. The Morgan fingerprint density at radius 2 is 1.65 bits per heavy atom. The van der Waals surface area contributed by atoms with Crippen molar-refractivity contribution in [3.63, 3.8) is 0 Å². The average molecular weight is 289 g/mol. The second-order valence-corrected chi connectivity index (χ2v) is 4.95. The maximum Gasteiger partial charge on any atom is 0.255 e. The molecule has 0 spiro atoms. The van der Waals surface area contributed by atoms with Crippen molar-refractivity contribution in [3.05, 3.63) is 65.7 Å². The number of anilines is 1. The van der Waals surface area contributed by atoms with Gasteiger partial charge in [-0.15, -0.1) is 12.4 Å². The van der Waals surface area contributed by atoms with Gasteiger partial charge in [-0.1, -0.05) is 30.3 Å². The summed E-state index contributed by atoms with van der Waals surface area (Å²) >= 11 is 0. The Morgan fingerprint density at radius 3 is 2.20 bits per heavy atom. The van der Waals surface area contributed by atoms with Crippen LogP contribution in [-0.4, -0.2) is 11.9 Å². The van der Waals surface area contributed by atoms with Crippen LogP contribution in [0.2, 0.25) is 0 Å². The fourth-order valence-electron chi connectivity index (χ4n) is 2.20. The van der Waals surface area contributed by atoms with Crippen LogP contribution in [0.4, 0.5) is 5.69 Å². The van der Waals surface area contributed by atoms with Gasteiger partial charge in [-0.3, -0.25) is 4.79 Å². The zero-order chi connectivity index (χ0) is 13.2. The molecule has 0 saturated heterocycles. The summed E-state index contributed by atoms with van der Waals surface area (Å²) in [7, 11) is 0. The Hall–Kier alpha value is -1.84. The zero-order valence-electron chi connectivity index (χ0n) is 11.0. The number of carbonyl (C=O) groups is 1. The van der Waals surface area contributed by atoms with Crippen molar-refractivity contribution < 1.29 is 4.79 Å². The van der Waals surface area contributed by atoms with E-state index in [0.29, 0.717) is 17.5 Å². The van der Waals surface area contributed by atoms with Gasteiger partial charge >= 0.3 is 0 Å². The molecule has 1 amide bonds. The molecule has 0 heterocycles. The first-order valence-corrected chi connectivity index (χ1v) is 6.46. The van der Waals surface area contributed by atoms with Gasteiger partial charge in [-0.2, -0.15) is 0 Å². The summed E-state index contributed by atoms with van der Waals surface area (Å²) in [6.07, 6.45) is 1.07. The molecule has 0 radical (unpaired) electrons. The molecule has 3 nitrogen and oxygen atoms in total. The first kappa shape index (κ1) is 14.6. The number of hydrogen-bond acceptors (Lipinski definition) is 2. The van der Waals surface area contributed by atoms with Crippen LogP contribution in [0.15, 0.2) is 54.6 Å². The number of benzene rings is 2. The largest absolute Gasteiger partial charge is 0.327 e. The Labute approximate surface area is 124 Å². The third-order valence-corrected chi connectivity index (χ3v) is 3.47. The minimum Gasteiger partial charge on any atom is -0.327 e. The molecule has 2 aromatic carbocycles. The molecule has 2 aromatic rings. The molecule has 1 saturated carbocycles. The van der Waals surface area contributed by atoms with E-state index >= 15 is 0 Å². The van der Waals surface area contributed by atoms with E-state index in [1.54, 1.807) is 12.1 Å². The van der Waals surface area contributed by atoms with Gasteiger partial charge in [0.2, 0.25) is 0 Å². The molecule has 0 aromatic heterocycles. The van der Waals surface area contributed by atoms with Crippen LogP contribution in [-0.2, 0) is 0 Å². The van der Waals surface area contributed by atoms with Crippen molar-refractivity contribution >= 4 is 24.0 Å². The van der Waals surface area contributed by atoms with Crippen LogP contribution in [0.3, 0.4) is 0 Å². The van der Waals surface area contributed by atoms with Crippen molar-refractivity contribution in [2.45, 2.75) is 18.4 Å². The SMILES string of the molecule is Cl.N[C@H]1C[C@@H]1c1ccc(NC(=O)c2ccccc2)cc1. The van der Waals surface area contributed by atoms with Crippen LogP contribution < -0.4 is 11.1 Å². The third-order valence-electron chi connectivity index (χ3n) is 3.47. The summed E-state index contributed by atoms with van der Waals surface area (Å²) in [5.74, 6) is 0.412. The first-order chi connectivity index (χ1) is 9.24. The molecule has 1 fully saturated rings. The van der Waals surface area contributed by atoms with E-state index in [1.807, 2.05) is 42.5 Å². The summed E-state index contributed by atoms with van der Waals surface area (Å²) in [6, 6.07) is 17.5. The van der Waals surface area contributed by atoms with Crippen LogP contribution in [0, 0.1) is 0 Å². The van der Waals surface area contributed by atoms with E-state index in [-0.39, 0.29) is 18.3 Å². The number of amides is 1. The lowest BCUT2D eigenvalue weighted by Crippen LogP contribution is -2.11. The van der Waals surface area contributed by atoms with Gasteiger partial charge in [0.1, 0.15) is 0 Å². The number of hydrogen-bond donors (Lipinski definition) is 2.